The SMILES string of the molecule is CC[C@H](C)NC(=O)[C@H](CC)N(CCc1ccccc1)C(=O)CCCSc1ccc(Cl)cc1. The van der Waals surface area contributed by atoms with Gasteiger partial charge in [-0.05, 0) is 68.2 Å². The second-order valence-corrected chi connectivity index (χ2v) is 9.58. The Balaban J connectivity index is 1.99. The number of benzene rings is 2. The first-order valence-electron chi connectivity index (χ1n) is 11.5. The standard InChI is InChI=1S/C26H35ClN2O2S/c1-4-20(3)28-26(31)24(5-2)29(18-17-21-10-7-6-8-11-21)25(30)12-9-19-32-23-15-13-22(27)14-16-23/h6-8,10-11,13-16,20,24H,4-5,9,12,17-19H2,1-3H3,(H,28,31)/t20-,24-/m0/s1. The Bertz CT molecular complexity index is 829. The molecule has 2 aromatic carbocycles. The Kier molecular flexibility index (Phi) is 11.7. The quantitative estimate of drug-likeness (QED) is 0.287. The summed E-state index contributed by atoms with van der Waals surface area (Å²) in [7, 11) is 0. The minimum Gasteiger partial charge on any atom is -0.352 e. The molecule has 0 aliphatic heterocycles. The smallest absolute Gasteiger partial charge is 0.243 e. The summed E-state index contributed by atoms with van der Waals surface area (Å²) < 4.78 is 0. The summed E-state index contributed by atoms with van der Waals surface area (Å²) in [6, 6.07) is 17.5. The summed E-state index contributed by atoms with van der Waals surface area (Å²) in [6.07, 6.45) is 3.39. The Labute approximate surface area is 202 Å². The third kappa shape index (κ3) is 8.87. The lowest BCUT2D eigenvalue weighted by Crippen LogP contribution is -2.51. The summed E-state index contributed by atoms with van der Waals surface area (Å²) in [4.78, 5) is 29.1. The van der Waals surface area contributed by atoms with Gasteiger partial charge in [-0.25, -0.2) is 0 Å². The average molecular weight is 475 g/mol. The fraction of sp³-hybridized carbons (Fsp3) is 0.462. The minimum atomic E-state index is -0.441. The summed E-state index contributed by atoms with van der Waals surface area (Å²) in [6.45, 7) is 6.55. The second-order valence-electron chi connectivity index (χ2n) is 7.97. The number of nitrogens with one attached hydrogen (secondary N) is 1. The second kappa shape index (κ2) is 14.2. The first kappa shape index (κ1) is 26.3. The van der Waals surface area contributed by atoms with Crippen molar-refractivity contribution in [3.63, 3.8) is 0 Å². The number of amides is 2. The van der Waals surface area contributed by atoms with Crippen LogP contribution in [0, 0.1) is 0 Å². The number of carbonyl (C=O) groups is 2. The Morgan fingerprint density at radius 2 is 1.72 bits per heavy atom. The van der Waals surface area contributed by atoms with Gasteiger partial charge >= 0.3 is 0 Å². The molecule has 0 saturated heterocycles. The van der Waals surface area contributed by atoms with Gasteiger partial charge in [0.1, 0.15) is 6.04 Å². The normalized spacial score (nSPS) is 12.8. The molecule has 1 N–H and O–H groups in total. The number of carbonyl (C=O) groups excluding carboxylic acids is 2. The van der Waals surface area contributed by atoms with E-state index in [0.29, 0.717) is 19.4 Å². The fourth-order valence-electron chi connectivity index (χ4n) is 3.42. The zero-order chi connectivity index (χ0) is 23.3. The minimum absolute atomic E-state index is 0.0452. The fourth-order valence-corrected chi connectivity index (χ4v) is 4.40. The third-order valence-corrected chi connectivity index (χ3v) is 6.84. The van der Waals surface area contributed by atoms with Crippen molar-refractivity contribution in [2.75, 3.05) is 12.3 Å². The van der Waals surface area contributed by atoms with Crippen LogP contribution < -0.4 is 5.32 Å². The van der Waals surface area contributed by atoms with Crippen LogP contribution in [-0.2, 0) is 16.0 Å². The van der Waals surface area contributed by atoms with Crippen LogP contribution >= 0.6 is 23.4 Å². The molecular formula is C26H35ClN2O2S. The van der Waals surface area contributed by atoms with Crippen LogP contribution in [0.1, 0.15) is 52.0 Å². The molecule has 4 nitrogen and oxygen atoms in total. The lowest BCUT2D eigenvalue weighted by atomic mass is 10.1. The molecule has 6 heteroatoms. The van der Waals surface area contributed by atoms with Crippen LogP contribution in [0.2, 0.25) is 5.02 Å². The molecule has 32 heavy (non-hydrogen) atoms. The summed E-state index contributed by atoms with van der Waals surface area (Å²) in [5, 5.41) is 3.78. The topological polar surface area (TPSA) is 49.4 Å². The van der Waals surface area contributed by atoms with Crippen molar-refractivity contribution in [1.82, 2.24) is 10.2 Å². The van der Waals surface area contributed by atoms with Gasteiger partial charge in [0.05, 0.1) is 0 Å². The van der Waals surface area contributed by atoms with Gasteiger partial charge in [-0.2, -0.15) is 0 Å². The molecule has 0 spiro atoms. The lowest BCUT2D eigenvalue weighted by molar-refractivity contribution is -0.141. The Morgan fingerprint density at radius 3 is 2.34 bits per heavy atom. The molecule has 2 atom stereocenters. The number of thioether (sulfide) groups is 1. The van der Waals surface area contributed by atoms with E-state index >= 15 is 0 Å². The molecule has 174 valence electrons. The molecule has 2 rings (SSSR count). The highest BCUT2D eigenvalue weighted by Crippen LogP contribution is 2.22. The van der Waals surface area contributed by atoms with Crippen molar-refractivity contribution in [1.29, 1.82) is 0 Å². The third-order valence-electron chi connectivity index (χ3n) is 5.49. The predicted molar refractivity (Wildman–Crippen MR) is 135 cm³/mol. The molecule has 0 saturated carbocycles. The molecule has 0 aliphatic carbocycles. The van der Waals surface area contributed by atoms with Gasteiger partial charge < -0.3 is 10.2 Å². The maximum atomic E-state index is 13.2. The molecule has 0 heterocycles. The van der Waals surface area contributed by atoms with Crippen LogP contribution in [0.3, 0.4) is 0 Å². The van der Waals surface area contributed by atoms with E-state index in [9.17, 15) is 9.59 Å². The molecule has 0 fully saturated rings. The first-order chi connectivity index (χ1) is 15.4. The maximum Gasteiger partial charge on any atom is 0.243 e. The number of rotatable bonds is 13. The van der Waals surface area contributed by atoms with E-state index in [1.165, 1.54) is 5.56 Å². The van der Waals surface area contributed by atoms with Crippen LogP contribution in [-0.4, -0.2) is 41.1 Å². The maximum absolute atomic E-state index is 13.2. The van der Waals surface area contributed by atoms with Gasteiger partial charge in [0, 0.05) is 28.9 Å². The number of nitrogens with zero attached hydrogens (tertiary/aromatic N) is 1. The molecule has 0 unspecified atom stereocenters. The van der Waals surface area contributed by atoms with E-state index in [1.807, 2.05) is 63.2 Å². The summed E-state index contributed by atoms with van der Waals surface area (Å²) in [5.41, 5.74) is 1.17. The highest BCUT2D eigenvalue weighted by Gasteiger charge is 2.28. The van der Waals surface area contributed by atoms with Gasteiger partial charge in [-0.3, -0.25) is 9.59 Å². The molecule has 0 radical (unpaired) electrons. The van der Waals surface area contributed by atoms with Crippen LogP contribution in [0.15, 0.2) is 59.5 Å². The Morgan fingerprint density at radius 1 is 1.03 bits per heavy atom. The van der Waals surface area contributed by atoms with E-state index in [0.717, 1.165) is 34.9 Å². The average Bonchev–Trinajstić information content (AvgIpc) is 2.80. The summed E-state index contributed by atoms with van der Waals surface area (Å²) in [5.74, 6) is 0.832. The number of hydrogen-bond acceptors (Lipinski definition) is 3. The van der Waals surface area contributed by atoms with Gasteiger partial charge in [0.2, 0.25) is 11.8 Å². The van der Waals surface area contributed by atoms with E-state index in [1.54, 1.807) is 16.7 Å². The van der Waals surface area contributed by atoms with Crippen LogP contribution in [0.4, 0.5) is 0 Å². The number of hydrogen-bond donors (Lipinski definition) is 1. The highest BCUT2D eigenvalue weighted by atomic mass is 35.5. The summed E-state index contributed by atoms with van der Waals surface area (Å²) >= 11 is 7.66. The zero-order valence-electron chi connectivity index (χ0n) is 19.4. The van der Waals surface area contributed by atoms with Crippen molar-refractivity contribution in [2.45, 2.75) is 69.9 Å². The molecular weight excluding hydrogens is 440 g/mol. The molecule has 0 bridgehead atoms. The van der Waals surface area contributed by atoms with Crippen molar-refractivity contribution in [3.05, 3.63) is 65.2 Å². The van der Waals surface area contributed by atoms with Gasteiger partial charge in [0.25, 0.3) is 0 Å². The van der Waals surface area contributed by atoms with Crippen LogP contribution in [0.5, 0.6) is 0 Å². The van der Waals surface area contributed by atoms with Crippen LogP contribution in [0.25, 0.3) is 0 Å². The van der Waals surface area contributed by atoms with Crippen molar-refractivity contribution < 1.29 is 9.59 Å². The monoisotopic (exact) mass is 474 g/mol. The molecule has 0 aromatic heterocycles. The Hall–Kier alpha value is -1.98. The van der Waals surface area contributed by atoms with Gasteiger partial charge in [0.15, 0.2) is 0 Å². The molecule has 2 aromatic rings. The highest BCUT2D eigenvalue weighted by molar-refractivity contribution is 7.99. The van der Waals surface area contributed by atoms with Gasteiger partial charge in [-0.1, -0.05) is 55.8 Å². The van der Waals surface area contributed by atoms with E-state index in [-0.39, 0.29) is 17.9 Å². The molecule has 2 amide bonds. The number of halogens is 1. The van der Waals surface area contributed by atoms with E-state index in [4.69, 9.17) is 11.6 Å². The predicted octanol–water partition coefficient (Wildman–Crippen LogP) is 5.98. The molecule has 0 aliphatic rings. The van der Waals surface area contributed by atoms with E-state index < -0.39 is 6.04 Å². The van der Waals surface area contributed by atoms with Crippen molar-refractivity contribution in [3.8, 4) is 0 Å². The van der Waals surface area contributed by atoms with Gasteiger partial charge in [-0.15, -0.1) is 11.8 Å². The first-order valence-corrected chi connectivity index (χ1v) is 12.8. The zero-order valence-corrected chi connectivity index (χ0v) is 20.9. The van der Waals surface area contributed by atoms with Crippen molar-refractivity contribution in [2.24, 2.45) is 0 Å². The van der Waals surface area contributed by atoms with Crippen molar-refractivity contribution >= 4 is 35.2 Å². The van der Waals surface area contributed by atoms with E-state index in [2.05, 4.69) is 17.4 Å². The lowest BCUT2D eigenvalue weighted by Gasteiger charge is -2.31. The largest absolute Gasteiger partial charge is 0.352 e.